The fraction of sp³-hybridized carbons (Fsp3) is 0.333. The number of amides is 1. The number of halogens is 2. The Labute approximate surface area is 207 Å². The highest BCUT2D eigenvalue weighted by molar-refractivity contribution is 9.10. The predicted molar refractivity (Wildman–Crippen MR) is 137 cm³/mol. The Morgan fingerprint density at radius 3 is 2.34 bits per heavy atom. The molecule has 3 rings (SSSR count). The number of hydrogen-bond donors (Lipinski definition) is 0. The first-order valence-electron chi connectivity index (χ1n) is 10.5. The third-order valence-corrected chi connectivity index (χ3v) is 6.38. The molecule has 5 nitrogen and oxygen atoms in total. The number of rotatable bonds is 8. The lowest BCUT2D eigenvalue weighted by atomic mass is 10.1. The molecule has 1 saturated heterocycles. The molecule has 1 heterocycles. The van der Waals surface area contributed by atoms with Crippen molar-refractivity contribution < 1.29 is 14.3 Å². The molecule has 2 aromatic carbocycles. The summed E-state index contributed by atoms with van der Waals surface area (Å²) in [5.41, 5.74) is 1.59. The molecule has 1 fully saturated rings. The zero-order valence-electron chi connectivity index (χ0n) is 18.5. The van der Waals surface area contributed by atoms with Crippen LogP contribution in [0.25, 0.3) is 6.08 Å². The Morgan fingerprint density at radius 2 is 1.75 bits per heavy atom. The van der Waals surface area contributed by atoms with E-state index in [9.17, 15) is 4.79 Å². The van der Waals surface area contributed by atoms with E-state index in [4.69, 9.17) is 26.1 Å². The van der Waals surface area contributed by atoms with Crippen molar-refractivity contribution >= 4 is 62.1 Å². The van der Waals surface area contributed by atoms with Crippen LogP contribution in [0.1, 0.15) is 33.3 Å². The Balaban J connectivity index is 1.99. The van der Waals surface area contributed by atoms with Crippen LogP contribution in [0, 0.1) is 5.92 Å². The number of carbonyl (C=O) groups excluding carboxylic acids is 1. The van der Waals surface area contributed by atoms with Gasteiger partial charge >= 0.3 is 0 Å². The molecule has 0 spiro atoms. The maximum absolute atomic E-state index is 13.3. The van der Waals surface area contributed by atoms with Gasteiger partial charge in [0.2, 0.25) is 0 Å². The van der Waals surface area contributed by atoms with E-state index in [1.807, 2.05) is 44.2 Å². The minimum Gasteiger partial charge on any atom is -0.490 e. The van der Waals surface area contributed by atoms with E-state index < -0.39 is 0 Å². The van der Waals surface area contributed by atoms with Crippen molar-refractivity contribution in [2.45, 2.75) is 27.7 Å². The number of nitrogens with zero attached hydrogens (tertiary/aromatic N) is 2. The average molecular weight is 538 g/mol. The standard InChI is InChI=1S/C24H26BrClN2O3S/c1-5-30-20-11-16(19(25)13-21(20)31-6-2)12-22-23(29)28(14-15(3)4)24(32-22)27-18-9-7-17(26)8-10-18/h7-13,15H,5-6,14H2,1-4H3/b22-12-,27-24?. The van der Waals surface area contributed by atoms with Gasteiger partial charge in [-0.05, 0) is 79.6 Å². The van der Waals surface area contributed by atoms with Crippen LogP contribution in [0.3, 0.4) is 0 Å². The summed E-state index contributed by atoms with van der Waals surface area (Å²) >= 11 is 11.0. The summed E-state index contributed by atoms with van der Waals surface area (Å²) in [6.45, 7) is 9.66. The van der Waals surface area contributed by atoms with Gasteiger partial charge in [-0.3, -0.25) is 9.69 Å². The van der Waals surface area contributed by atoms with Crippen LogP contribution in [-0.2, 0) is 4.79 Å². The van der Waals surface area contributed by atoms with Crippen molar-refractivity contribution in [3.05, 3.63) is 56.4 Å². The molecule has 0 N–H and O–H groups in total. The normalized spacial score (nSPS) is 16.5. The van der Waals surface area contributed by atoms with E-state index in [0.29, 0.717) is 52.3 Å². The quantitative estimate of drug-likeness (QED) is 0.335. The SMILES string of the molecule is CCOc1cc(Br)c(/C=C2\SC(=Nc3ccc(Cl)cc3)N(CC(C)C)C2=O)cc1OCC. The molecule has 0 bridgehead atoms. The highest BCUT2D eigenvalue weighted by Gasteiger charge is 2.34. The average Bonchev–Trinajstić information content (AvgIpc) is 3.01. The van der Waals surface area contributed by atoms with E-state index in [2.05, 4.69) is 29.8 Å². The molecule has 1 amide bonds. The molecule has 32 heavy (non-hydrogen) atoms. The molecule has 0 saturated carbocycles. The molecule has 1 aliphatic rings. The zero-order chi connectivity index (χ0) is 23.3. The van der Waals surface area contributed by atoms with Gasteiger partial charge in [-0.2, -0.15) is 0 Å². The van der Waals surface area contributed by atoms with E-state index in [1.54, 1.807) is 17.0 Å². The van der Waals surface area contributed by atoms with Crippen molar-refractivity contribution in [2.75, 3.05) is 19.8 Å². The Morgan fingerprint density at radius 1 is 1.12 bits per heavy atom. The lowest BCUT2D eigenvalue weighted by Gasteiger charge is -2.17. The summed E-state index contributed by atoms with van der Waals surface area (Å²) in [6, 6.07) is 11.0. The van der Waals surface area contributed by atoms with Crippen LogP contribution >= 0.6 is 39.3 Å². The van der Waals surface area contributed by atoms with Gasteiger partial charge in [0.05, 0.1) is 23.8 Å². The van der Waals surface area contributed by atoms with Crippen LogP contribution in [0.2, 0.25) is 5.02 Å². The molecule has 170 valence electrons. The number of aliphatic imine (C=N–C) groups is 1. The summed E-state index contributed by atoms with van der Waals surface area (Å²) in [6.07, 6.45) is 1.87. The van der Waals surface area contributed by atoms with Gasteiger partial charge < -0.3 is 9.47 Å². The highest BCUT2D eigenvalue weighted by atomic mass is 79.9. The smallest absolute Gasteiger partial charge is 0.266 e. The van der Waals surface area contributed by atoms with E-state index >= 15 is 0 Å². The number of benzene rings is 2. The first-order chi connectivity index (χ1) is 15.3. The predicted octanol–water partition coefficient (Wildman–Crippen LogP) is 7.16. The van der Waals surface area contributed by atoms with Gasteiger partial charge in [0.1, 0.15) is 0 Å². The lowest BCUT2D eigenvalue weighted by Crippen LogP contribution is -2.32. The fourth-order valence-corrected chi connectivity index (χ4v) is 4.64. The van der Waals surface area contributed by atoms with Crippen molar-refractivity contribution in [3.63, 3.8) is 0 Å². The van der Waals surface area contributed by atoms with Gasteiger partial charge in [-0.1, -0.05) is 41.4 Å². The van der Waals surface area contributed by atoms with Crippen LogP contribution < -0.4 is 9.47 Å². The van der Waals surface area contributed by atoms with Crippen LogP contribution in [-0.4, -0.2) is 35.7 Å². The van der Waals surface area contributed by atoms with Gasteiger partial charge in [0.25, 0.3) is 5.91 Å². The third kappa shape index (κ3) is 6.09. The maximum Gasteiger partial charge on any atom is 0.266 e. The lowest BCUT2D eigenvalue weighted by molar-refractivity contribution is -0.122. The van der Waals surface area contributed by atoms with Crippen LogP contribution in [0.4, 0.5) is 5.69 Å². The first-order valence-corrected chi connectivity index (χ1v) is 12.5. The second kappa shape index (κ2) is 11.3. The fourth-order valence-electron chi connectivity index (χ4n) is 3.08. The van der Waals surface area contributed by atoms with E-state index in [1.165, 1.54) is 11.8 Å². The summed E-state index contributed by atoms with van der Waals surface area (Å²) in [5, 5.41) is 1.30. The summed E-state index contributed by atoms with van der Waals surface area (Å²) < 4.78 is 12.3. The monoisotopic (exact) mass is 536 g/mol. The van der Waals surface area contributed by atoms with Gasteiger partial charge in [-0.15, -0.1) is 0 Å². The highest BCUT2D eigenvalue weighted by Crippen LogP contribution is 2.39. The van der Waals surface area contributed by atoms with Crippen molar-refractivity contribution in [3.8, 4) is 11.5 Å². The van der Waals surface area contributed by atoms with Gasteiger partial charge in [0, 0.05) is 16.0 Å². The summed E-state index contributed by atoms with van der Waals surface area (Å²) in [7, 11) is 0. The number of hydrogen-bond acceptors (Lipinski definition) is 5. The first kappa shape index (κ1) is 24.7. The summed E-state index contributed by atoms with van der Waals surface area (Å²) in [5.74, 6) is 1.56. The second-order valence-corrected chi connectivity index (χ2v) is 9.78. The van der Waals surface area contributed by atoms with Crippen LogP contribution in [0.5, 0.6) is 11.5 Å². The Kier molecular flexibility index (Phi) is 8.68. The number of amidine groups is 1. The molecule has 2 aromatic rings. The van der Waals surface area contributed by atoms with Crippen molar-refractivity contribution in [1.82, 2.24) is 4.90 Å². The molecule has 0 atom stereocenters. The van der Waals surface area contributed by atoms with Crippen molar-refractivity contribution in [1.29, 1.82) is 0 Å². The minimum atomic E-state index is -0.0600. The Bertz CT molecular complexity index is 1040. The molecule has 8 heteroatoms. The van der Waals surface area contributed by atoms with Crippen molar-refractivity contribution in [2.24, 2.45) is 10.9 Å². The van der Waals surface area contributed by atoms with Gasteiger partial charge in [-0.25, -0.2) is 4.99 Å². The molecular weight excluding hydrogens is 512 g/mol. The molecule has 0 aromatic heterocycles. The van der Waals surface area contributed by atoms with Gasteiger partial charge in [0.15, 0.2) is 16.7 Å². The maximum atomic E-state index is 13.3. The minimum absolute atomic E-state index is 0.0600. The molecule has 0 aliphatic carbocycles. The van der Waals surface area contributed by atoms with Crippen LogP contribution in [0.15, 0.2) is 50.8 Å². The largest absolute Gasteiger partial charge is 0.490 e. The number of ether oxygens (including phenoxy) is 2. The number of carbonyl (C=O) groups is 1. The van der Waals surface area contributed by atoms with E-state index in [-0.39, 0.29) is 5.91 Å². The molecule has 1 aliphatic heterocycles. The molecular formula is C24H26BrClN2O3S. The molecule has 0 unspecified atom stereocenters. The second-order valence-electron chi connectivity index (χ2n) is 7.48. The van der Waals surface area contributed by atoms with E-state index in [0.717, 1.165) is 15.7 Å². The summed E-state index contributed by atoms with van der Waals surface area (Å²) in [4.78, 5) is 20.3. The topological polar surface area (TPSA) is 51.1 Å². The third-order valence-electron chi connectivity index (χ3n) is 4.44. The number of thioether (sulfide) groups is 1. The zero-order valence-corrected chi connectivity index (χ0v) is 21.7. The molecule has 0 radical (unpaired) electrons. The Hall–Kier alpha value is -1.96.